The van der Waals surface area contributed by atoms with Crippen molar-refractivity contribution in [1.29, 1.82) is 0 Å². The first-order valence-electron chi connectivity index (χ1n) is 6.06. The molecule has 0 atom stereocenters. The fraction of sp³-hybridized carbons (Fsp3) is 0.917. The van der Waals surface area contributed by atoms with E-state index >= 15 is 0 Å². The summed E-state index contributed by atoms with van der Waals surface area (Å²) < 4.78 is 4.96. The van der Waals surface area contributed by atoms with Crippen molar-refractivity contribution >= 4 is 6.09 Å². The molecule has 0 spiro atoms. The maximum atomic E-state index is 11.4. The maximum Gasteiger partial charge on any atom is 0.409 e. The van der Waals surface area contributed by atoms with Gasteiger partial charge in [-0.15, -0.1) is 0 Å². The molecule has 1 aliphatic rings. The first-order valence-corrected chi connectivity index (χ1v) is 6.06. The highest BCUT2D eigenvalue weighted by molar-refractivity contribution is 5.67. The summed E-state index contributed by atoms with van der Waals surface area (Å²) in [5, 5.41) is 9.72. The molecule has 1 fully saturated rings. The highest BCUT2D eigenvalue weighted by Crippen LogP contribution is 2.26. The molecule has 1 amide bonds. The van der Waals surface area contributed by atoms with Crippen molar-refractivity contribution in [1.82, 2.24) is 4.90 Å². The van der Waals surface area contributed by atoms with E-state index in [1.807, 2.05) is 20.8 Å². The van der Waals surface area contributed by atoms with Crippen molar-refractivity contribution < 1.29 is 14.6 Å². The standard InChI is InChI=1S/C12H23NO3/c1-4-16-11(14)13-7-5-10(6-8-13)9-12(2,3)15/h10,15H,4-9H2,1-3H3. The summed E-state index contributed by atoms with van der Waals surface area (Å²) in [4.78, 5) is 13.2. The molecule has 0 aliphatic carbocycles. The van der Waals surface area contributed by atoms with Gasteiger partial charge in [-0.2, -0.15) is 0 Å². The number of carbonyl (C=O) groups is 1. The van der Waals surface area contributed by atoms with E-state index in [1.165, 1.54) is 0 Å². The van der Waals surface area contributed by atoms with E-state index < -0.39 is 5.60 Å². The van der Waals surface area contributed by atoms with Gasteiger partial charge in [-0.1, -0.05) is 0 Å². The normalized spacial score (nSPS) is 18.6. The lowest BCUT2D eigenvalue weighted by molar-refractivity contribution is 0.0356. The average molecular weight is 229 g/mol. The molecule has 0 aromatic rings. The molecule has 0 saturated carbocycles. The molecule has 1 saturated heterocycles. The zero-order valence-electron chi connectivity index (χ0n) is 10.5. The van der Waals surface area contributed by atoms with Crippen LogP contribution in [0.15, 0.2) is 0 Å². The Morgan fingerprint density at radius 3 is 2.44 bits per heavy atom. The topological polar surface area (TPSA) is 49.8 Å². The van der Waals surface area contributed by atoms with Crippen molar-refractivity contribution in [2.24, 2.45) is 5.92 Å². The Bertz CT molecular complexity index is 227. The maximum absolute atomic E-state index is 11.4. The van der Waals surface area contributed by atoms with Crippen molar-refractivity contribution in [2.75, 3.05) is 19.7 Å². The van der Waals surface area contributed by atoms with Crippen LogP contribution in [0.2, 0.25) is 0 Å². The van der Waals surface area contributed by atoms with Gasteiger partial charge < -0.3 is 14.7 Å². The molecule has 1 heterocycles. The highest BCUT2D eigenvalue weighted by Gasteiger charge is 2.27. The smallest absolute Gasteiger partial charge is 0.409 e. The number of carbonyl (C=O) groups excluding carboxylic acids is 1. The minimum atomic E-state index is -0.600. The molecular weight excluding hydrogens is 206 g/mol. The number of piperidine rings is 1. The zero-order valence-corrected chi connectivity index (χ0v) is 10.5. The van der Waals surface area contributed by atoms with Crippen molar-refractivity contribution in [3.63, 3.8) is 0 Å². The fourth-order valence-electron chi connectivity index (χ4n) is 2.24. The number of ether oxygens (including phenoxy) is 1. The molecule has 0 unspecified atom stereocenters. The van der Waals surface area contributed by atoms with E-state index in [0.29, 0.717) is 12.5 Å². The Morgan fingerprint density at radius 1 is 1.44 bits per heavy atom. The van der Waals surface area contributed by atoms with E-state index in [2.05, 4.69) is 0 Å². The predicted molar refractivity (Wildman–Crippen MR) is 62.2 cm³/mol. The molecule has 4 heteroatoms. The van der Waals surface area contributed by atoms with Crippen LogP contribution in [0.4, 0.5) is 4.79 Å². The monoisotopic (exact) mass is 229 g/mol. The van der Waals surface area contributed by atoms with E-state index in [9.17, 15) is 9.90 Å². The molecule has 1 rings (SSSR count). The SMILES string of the molecule is CCOC(=O)N1CCC(CC(C)(C)O)CC1. The Morgan fingerprint density at radius 2 is 2.00 bits per heavy atom. The second-order valence-corrected chi connectivity index (χ2v) is 5.15. The van der Waals surface area contributed by atoms with Gasteiger partial charge in [0.1, 0.15) is 0 Å². The number of nitrogens with zero attached hydrogens (tertiary/aromatic N) is 1. The largest absolute Gasteiger partial charge is 0.450 e. The lowest BCUT2D eigenvalue weighted by Gasteiger charge is -2.33. The second kappa shape index (κ2) is 5.53. The van der Waals surface area contributed by atoms with Gasteiger partial charge in [-0.05, 0) is 46.0 Å². The number of aliphatic hydroxyl groups is 1. The summed E-state index contributed by atoms with van der Waals surface area (Å²) in [5.74, 6) is 0.519. The molecule has 4 nitrogen and oxygen atoms in total. The van der Waals surface area contributed by atoms with Gasteiger partial charge in [-0.25, -0.2) is 4.79 Å². The van der Waals surface area contributed by atoms with Crippen molar-refractivity contribution in [3.8, 4) is 0 Å². The Hall–Kier alpha value is -0.770. The lowest BCUT2D eigenvalue weighted by atomic mass is 9.86. The third-order valence-electron chi connectivity index (χ3n) is 2.93. The van der Waals surface area contributed by atoms with Gasteiger partial charge in [0.15, 0.2) is 0 Å². The first kappa shape index (κ1) is 13.3. The van der Waals surface area contributed by atoms with Crippen LogP contribution in [0.5, 0.6) is 0 Å². The molecule has 94 valence electrons. The molecule has 0 aromatic heterocycles. The molecule has 0 radical (unpaired) electrons. The van der Waals surface area contributed by atoms with Crippen molar-refractivity contribution in [3.05, 3.63) is 0 Å². The predicted octanol–water partition coefficient (Wildman–Crippen LogP) is 2.02. The summed E-state index contributed by atoms with van der Waals surface area (Å²) in [7, 11) is 0. The fourth-order valence-corrected chi connectivity index (χ4v) is 2.24. The molecule has 0 aromatic carbocycles. The Balaban J connectivity index is 2.31. The minimum Gasteiger partial charge on any atom is -0.450 e. The first-order chi connectivity index (χ1) is 7.42. The highest BCUT2D eigenvalue weighted by atomic mass is 16.6. The van der Waals surface area contributed by atoms with E-state index in [0.717, 1.165) is 32.4 Å². The second-order valence-electron chi connectivity index (χ2n) is 5.15. The number of hydrogen-bond acceptors (Lipinski definition) is 3. The third-order valence-corrected chi connectivity index (χ3v) is 2.93. The minimum absolute atomic E-state index is 0.204. The van der Waals surface area contributed by atoms with Crippen LogP contribution in [-0.2, 0) is 4.74 Å². The van der Waals surface area contributed by atoms with Crippen LogP contribution in [0.3, 0.4) is 0 Å². The average Bonchev–Trinajstić information content (AvgIpc) is 2.16. The molecule has 0 bridgehead atoms. The van der Waals surface area contributed by atoms with Crippen LogP contribution in [0.25, 0.3) is 0 Å². The zero-order chi connectivity index (χ0) is 12.2. The molecule has 1 aliphatic heterocycles. The van der Waals surface area contributed by atoms with Crippen molar-refractivity contribution in [2.45, 2.75) is 45.6 Å². The number of hydrogen-bond donors (Lipinski definition) is 1. The van der Waals surface area contributed by atoms with Gasteiger partial charge in [0.2, 0.25) is 0 Å². The van der Waals surface area contributed by atoms with E-state index in [4.69, 9.17) is 4.74 Å². The van der Waals surface area contributed by atoms with Gasteiger partial charge in [0.05, 0.1) is 12.2 Å². The van der Waals surface area contributed by atoms with Gasteiger partial charge in [0.25, 0.3) is 0 Å². The van der Waals surface area contributed by atoms with Crippen LogP contribution < -0.4 is 0 Å². The number of likely N-dealkylation sites (tertiary alicyclic amines) is 1. The van der Waals surface area contributed by atoms with E-state index in [1.54, 1.807) is 4.90 Å². The van der Waals surface area contributed by atoms with Gasteiger partial charge in [-0.3, -0.25) is 0 Å². The van der Waals surface area contributed by atoms with Crippen LogP contribution in [0.1, 0.15) is 40.0 Å². The molecule has 16 heavy (non-hydrogen) atoms. The number of rotatable bonds is 3. The van der Waals surface area contributed by atoms with Crippen LogP contribution >= 0.6 is 0 Å². The number of amides is 1. The Labute approximate surface area is 97.6 Å². The molecular formula is C12H23NO3. The third kappa shape index (κ3) is 4.39. The van der Waals surface area contributed by atoms with E-state index in [-0.39, 0.29) is 6.09 Å². The summed E-state index contributed by atoms with van der Waals surface area (Å²) >= 11 is 0. The van der Waals surface area contributed by atoms with Crippen LogP contribution in [-0.4, -0.2) is 41.4 Å². The summed E-state index contributed by atoms with van der Waals surface area (Å²) in [6.07, 6.45) is 2.53. The van der Waals surface area contributed by atoms with Crippen LogP contribution in [0, 0.1) is 5.92 Å². The van der Waals surface area contributed by atoms with Gasteiger partial charge in [0, 0.05) is 13.1 Å². The summed E-state index contributed by atoms with van der Waals surface area (Å²) in [6, 6.07) is 0. The van der Waals surface area contributed by atoms with Gasteiger partial charge >= 0.3 is 6.09 Å². The molecule has 1 N–H and O–H groups in total. The summed E-state index contributed by atoms with van der Waals surface area (Å²) in [6.45, 7) is 7.43. The lowest BCUT2D eigenvalue weighted by Crippen LogP contribution is -2.40. The quantitative estimate of drug-likeness (QED) is 0.805. The Kier molecular flexibility index (Phi) is 4.59. The summed E-state index contributed by atoms with van der Waals surface area (Å²) in [5.41, 5.74) is -0.600.